The van der Waals surface area contributed by atoms with Crippen molar-refractivity contribution < 1.29 is 0 Å². The van der Waals surface area contributed by atoms with Crippen molar-refractivity contribution in [2.75, 3.05) is 23.3 Å². The highest BCUT2D eigenvalue weighted by atomic mass is 79.9. The molecule has 1 fully saturated rings. The summed E-state index contributed by atoms with van der Waals surface area (Å²) in [7, 11) is 0. The maximum absolute atomic E-state index is 3.60. The molecule has 0 amide bonds. The molecular weight excluding hydrogens is 324 g/mol. The van der Waals surface area contributed by atoms with Crippen molar-refractivity contribution >= 4 is 27.3 Å². The quantitative estimate of drug-likeness (QED) is 0.842. The third-order valence-corrected chi connectivity index (χ3v) is 4.88. The molecule has 0 saturated carbocycles. The Balaban J connectivity index is 1.70. The van der Waals surface area contributed by atoms with Crippen LogP contribution in [0.25, 0.3) is 0 Å². The highest BCUT2D eigenvalue weighted by Crippen LogP contribution is 2.26. The summed E-state index contributed by atoms with van der Waals surface area (Å²) in [4.78, 5) is 2.48. The predicted octanol–water partition coefficient (Wildman–Crippen LogP) is 4.97. The minimum Gasteiger partial charge on any atom is -0.381 e. The highest BCUT2D eigenvalue weighted by molar-refractivity contribution is 9.10. The van der Waals surface area contributed by atoms with Crippen LogP contribution in [0.3, 0.4) is 0 Å². The molecular formula is C18H21BrN2. The molecule has 0 unspecified atom stereocenters. The molecule has 2 aromatic carbocycles. The third-order valence-electron chi connectivity index (χ3n) is 4.11. The van der Waals surface area contributed by atoms with E-state index in [1.165, 1.54) is 48.4 Å². The van der Waals surface area contributed by atoms with Gasteiger partial charge in [-0.2, -0.15) is 0 Å². The molecule has 0 bridgehead atoms. The van der Waals surface area contributed by atoms with Crippen LogP contribution < -0.4 is 10.2 Å². The van der Waals surface area contributed by atoms with Crippen LogP contribution in [0.15, 0.2) is 46.9 Å². The average molecular weight is 345 g/mol. The molecule has 1 heterocycles. The van der Waals surface area contributed by atoms with Gasteiger partial charge in [-0.3, -0.25) is 0 Å². The Hall–Kier alpha value is -1.48. The van der Waals surface area contributed by atoms with Crippen molar-refractivity contribution in [1.29, 1.82) is 0 Å². The van der Waals surface area contributed by atoms with Crippen LogP contribution in [-0.4, -0.2) is 13.1 Å². The van der Waals surface area contributed by atoms with E-state index >= 15 is 0 Å². The van der Waals surface area contributed by atoms with Crippen LogP contribution >= 0.6 is 15.9 Å². The lowest BCUT2D eigenvalue weighted by molar-refractivity contribution is 0.949. The number of halogens is 1. The molecule has 110 valence electrons. The minimum atomic E-state index is 0.839. The average Bonchev–Trinajstić information content (AvgIpc) is 3.02. The monoisotopic (exact) mass is 344 g/mol. The van der Waals surface area contributed by atoms with Gasteiger partial charge in [-0.05, 0) is 55.2 Å². The second-order valence-electron chi connectivity index (χ2n) is 5.64. The molecule has 2 aromatic rings. The topological polar surface area (TPSA) is 15.3 Å². The van der Waals surface area contributed by atoms with Gasteiger partial charge in [-0.25, -0.2) is 0 Å². The normalized spacial score (nSPS) is 14.5. The number of aryl methyl sites for hydroxylation is 1. The van der Waals surface area contributed by atoms with Gasteiger partial charge in [-0.1, -0.05) is 34.1 Å². The zero-order chi connectivity index (χ0) is 14.7. The van der Waals surface area contributed by atoms with E-state index in [1.807, 2.05) is 6.07 Å². The number of hydrogen-bond donors (Lipinski definition) is 1. The van der Waals surface area contributed by atoms with E-state index in [9.17, 15) is 0 Å². The maximum atomic E-state index is 3.60. The molecule has 21 heavy (non-hydrogen) atoms. The molecule has 1 saturated heterocycles. The fraction of sp³-hybridized carbons (Fsp3) is 0.333. The molecule has 1 aliphatic rings. The van der Waals surface area contributed by atoms with Crippen molar-refractivity contribution in [3.63, 3.8) is 0 Å². The van der Waals surface area contributed by atoms with Crippen molar-refractivity contribution in [2.24, 2.45) is 0 Å². The molecule has 0 spiro atoms. The fourth-order valence-electron chi connectivity index (χ4n) is 2.85. The van der Waals surface area contributed by atoms with Crippen LogP contribution in [-0.2, 0) is 6.54 Å². The second-order valence-corrected chi connectivity index (χ2v) is 6.49. The first-order valence-electron chi connectivity index (χ1n) is 7.57. The summed E-state index contributed by atoms with van der Waals surface area (Å²) in [6, 6.07) is 15.1. The van der Waals surface area contributed by atoms with Gasteiger partial charge in [0.25, 0.3) is 0 Å². The number of hydrogen-bond acceptors (Lipinski definition) is 2. The number of nitrogens with zero attached hydrogens (tertiary/aromatic N) is 1. The van der Waals surface area contributed by atoms with E-state index in [-0.39, 0.29) is 0 Å². The maximum Gasteiger partial charge on any atom is 0.0412 e. The van der Waals surface area contributed by atoms with Crippen LogP contribution in [0, 0.1) is 6.92 Å². The molecule has 1 N–H and O–H groups in total. The highest BCUT2D eigenvalue weighted by Gasteiger charge is 2.12. The molecule has 3 heteroatoms. The van der Waals surface area contributed by atoms with Crippen molar-refractivity contribution in [1.82, 2.24) is 0 Å². The van der Waals surface area contributed by atoms with Gasteiger partial charge in [-0.15, -0.1) is 0 Å². The summed E-state index contributed by atoms with van der Waals surface area (Å²) in [5, 5.41) is 3.54. The van der Waals surface area contributed by atoms with Crippen LogP contribution in [0.4, 0.5) is 11.4 Å². The molecule has 0 radical (unpaired) electrons. The van der Waals surface area contributed by atoms with E-state index in [2.05, 4.69) is 69.5 Å². The summed E-state index contributed by atoms with van der Waals surface area (Å²) < 4.78 is 1.16. The van der Waals surface area contributed by atoms with Gasteiger partial charge in [0, 0.05) is 35.5 Å². The Bertz CT molecular complexity index is 618. The van der Waals surface area contributed by atoms with Gasteiger partial charge in [0.1, 0.15) is 0 Å². The first-order valence-corrected chi connectivity index (χ1v) is 8.36. The molecule has 0 atom stereocenters. The van der Waals surface area contributed by atoms with Gasteiger partial charge in [0.15, 0.2) is 0 Å². The number of anilines is 2. The van der Waals surface area contributed by atoms with E-state index in [0.717, 1.165) is 11.0 Å². The van der Waals surface area contributed by atoms with Crippen LogP contribution in [0.1, 0.15) is 24.0 Å². The fourth-order valence-corrected chi connectivity index (χ4v) is 3.28. The summed E-state index contributed by atoms with van der Waals surface area (Å²) in [6.45, 7) is 5.42. The Morgan fingerprint density at radius 3 is 2.57 bits per heavy atom. The van der Waals surface area contributed by atoms with Crippen molar-refractivity contribution in [3.8, 4) is 0 Å². The van der Waals surface area contributed by atoms with Gasteiger partial charge < -0.3 is 10.2 Å². The molecule has 0 aliphatic carbocycles. The van der Waals surface area contributed by atoms with Crippen molar-refractivity contribution in [3.05, 3.63) is 58.1 Å². The molecule has 1 aliphatic heterocycles. The lowest BCUT2D eigenvalue weighted by Crippen LogP contribution is -2.17. The van der Waals surface area contributed by atoms with Gasteiger partial charge in [0.2, 0.25) is 0 Å². The zero-order valence-electron chi connectivity index (χ0n) is 12.4. The lowest BCUT2D eigenvalue weighted by Gasteiger charge is -2.19. The third kappa shape index (κ3) is 3.41. The Labute approximate surface area is 135 Å². The van der Waals surface area contributed by atoms with Crippen LogP contribution in [0.5, 0.6) is 0 Å². The van der Waals surface area contributed by atoms with Gasteiger partial charge in [0.05, 0.1) is 0 Å². The Kier molecular flexibility index (Phi) is 4.49. The van der Waals surface area contributed by atoms with E-state index in [1.54, 1.807) is 0 Å². The summed E-state index contributed by atoms with van der Waals surface area (Å²) in [5.74, 6) is 0. The number of benzene rings is 2. The standard InChI is InChI=1S/C18H21BrN2/c1-14-12-16(21-10-4-5-11-21)8-9-18(14)20-13-15-6-2-3-7-17(15)19/h2-3,6-9,12,20H,4-5,10-11,13H2,1H3. The lowest BCUT2D eigenvalue weighted by atomic mass is 10.1. The van der Waals surface area contributed by atoms with E-state index in [4.69, 9.17) is 0 Å². The Morgan fingerprint density at radius 2 is 1.86 bits per heavy atom. The summed E-state index contributed by atoms with van der Waals surface area (Å²) in [6.07, 6.45) is 2.64. The smallest absolute Gasteiger partial charge is 0.0412 e. The van der Waals surface area contributed by atoms with E-state index in [0.29, 0.717) is 0 Å². The second kappa shape index (κ2) is 6.52. The first kappa shape index (κ1) is 14.5. The van der Waals surface area contributed by atoms with E-state index < -0.39 is 0 Å². The predicted molar refractivity (Wildman–Crippen MR) is 94.1 cm³/mol. The number of nitrogens with one attached hydrogen (secondary N) is 1. The number of rotatable bonds is 4. The largest absolute Gasteiger partial charge is 0.381 e. The minimum absolute atomic E-state index is 0.839. The molecule has 3 rings (SSSR count). The molecule has 2 nitrogen and oxygen atoms in total. The van der Waals surface area contributed by atoms with Crippen LogP contribution in [0.2, 0.25) is 0 Å². The van der Waals surface area contributed by atoms with Crippen molar-refractivity contribution in [2.45, 2.75) is 26.3 Å². The SMILES string of the molecule is Cc1cc(N2CCCC2)ccc1NCc1ccccc1Br. The first-order chi connectivity index (χ1) is 10.2. The summed E-state index contributed by atoms with van der Waals surface area (Å²) in [5.41, 5.74) is 5.16. The summed E-state index contributed by atoms with van der Waals surface area (Å²) >= 11 is 3.60. The molecule has 0 aromatic heterocycles. The van der Waals surface area contributed by atoms with Gasteiger partial charge >= 0.3 is 0 Å². The Morgan fingerprint density at radius 1 is 1.10 bits per heavy atom. The zero-order valence-corrected chi connectivity index (χ0v) is 14.0.